The summed E-state index contributed by atoms with van der Waals surface area (Å²) < 4.78 is 12.1. The maximum atomic E-state index is 11.5. The molecule has 0 radical (unpaired) electrons. The van der Waals surface area contributed by atoms with E-state index in [0.717, 1.165) is 16.7 Å². The third-order valence-electron chi connectivity index (χ3n) is 5.35. The second kappa shape index (κ2) is 10.3. The lowest BCUT2D eigenvalue weighted by Gasteiger charge is -2.25. The number of aliphatic imine (C=N–C) groups is 1. The predicted octanol–water partition coefficient (Wildman–Crippen LogP) is 4.50. The Hall–Kier alpha value is -4.31. The molecule has 0 aliphatic carbocycles. The van der Waals surface area contributed by atoms with Crippen LogP contribution in [-0.2, 0) is 11.3 Å². The molecule has 1 aliphatic heterocycles. The molecule has 0 amide bonds. The van der Waals surface area contributed by atoms with Crippen molar-refractivity contribution < 1.29 is 14.4 Å². The summed E-state index contributed by atoms with van der Waals surface area (Å²) in [6, 6.07) is 15.8. The Bertz CT molecular complexity index is 1280. The van der Waals surface area contributed by atoms with E-state index in [9.17, 15) is 10.1 Å². The number of hydrogen-bond acceptors (Lipinski definition) is 8. The number of aromatic nitrogens is 1. The number of amidine groups is 1. The van der Waals surface area contributed by atoms with Crippen molar-refractivity contribution in [1.29, 1.82) is 0 Å². The van der Waals surface area contributed by atoms with Gasteiger partial charge in [0.05, 0.1) is 17.6 Å². The van der Waals surface area contributed by atoms with Gasteiger partial charge in [-0.15, -0.1) is 5.10 Å². The second-order valence-corrected chi connectivity index (χ2v) is 8.14. The van der Waals surface area contributed by atoms with E-state index in [4.69, 9.17) is 9.47 Å². The molecule has 0 spiro atoms. The zero-order chi connectivity index (χ0) is 24.9. The van der Waals surface area contributed by atoms with Gasteiger partial charge in [-0.05, 0) is 45.3 Å². The lowest BCUT2D eigenvalue weighted by atomic mass is 10.1. The Morgan fingerprint density at radius 3 is 2.60 bits per heavy atom. The molecule has 0 N–H and O–H groups in total. The number of nitro benzene ring substituents is 1. The van der Waals surface area contributed by atoms with Crippen molar-refractivity contribution in [2.75, 3.05) is 21.2 Å². The summed E-state index contributed by atoms with van der Waals surface area (Å²) in [5.74, 6) is 1.49. The Labute approximate surface area is 203 Å². The molecule has 0 bridgehead atoms. The third kappa shape index (κ3) is 5.12. The summed E-state index contributed by atoms with van der Waals surface area (Å²) in [6.07, 6.45) is 2.62. The number of rotatable bonds is 7. The van der Waals surface area contributed by atoms with Crippen molar-refractivity contribution in [2.45, 2.75) is 19.7 Å². The first-order chi connectivity index (χ1) is 16.9. The molecule has 1 atom stereocenters. The van der Waals surface area contributed by atoms with Crippen LogP contribution in [0.15, 0.2) is 77.1 Å². The van der Waals surface area contributed by atoms with Crippen LogP contribution in [0.2, 0.25) is 0 Å². The molecule has 0 saturated heterocycles. The normalized spacial score (nSPS) is 15.7. The maximum Gasteiger partial charge on any atom is 0.294 e. The van der Waals surface area contributed by atoms with E-state index in [1.807, 2.05) is 32.3 Å². The van der Waals surface area contributed by atoms with Crippen LogP contribution in [0.25, 0.3) is 0 Å². The number of pyridine rings is 1. The van der Waals surface area contributed by atoms with Crippen molar-refractivity contribution in [3.8, 4) is 5.75 Å². The van der Waals surface area contributed by atoms with Crippen LogP contribution in [0.3, 0.4) is 0 Å². The molecular weight excluding hydrogens is 448 g/mol. The molecular formula is C25H26N6O4. The Kier molecular flexibility index (Phi) is 7.02. The minimum Gasteiger partial charge on any atom is -0.496 e. The van der Waals surface area contributed by atoms with Gasteiger partial charge in [-0.25, -0.2) is 10.0 Å². The van der Waals surface area contributed by atoms with Gasteiger partial charge in [0.15, 0.2) is 0 Å². The van der Waals surface area contributed by atoms with Gasteiger partial charge < -0.3 is 14.4 Å². The number of para-hydroxylation sites is 3. The maximum absolute atomic E-state index is 11.5. The molecule has 0 saturated carbocycles. The molecule has 10 heteroatoms. The van der Waals surface area contributed by atoms with Crippen LogP contribution in [0.4, 0.5) is 11.4 Å². The molecule has 3 aromatic rings. The molecule has 1 unspecified atom stereocenters. The lowest BCUT2D eigenvalue weighted by Crippen LogP contribution is -2.26. The van der Waals surface area contributed by atoms with Gasteiger partial charge in [0.25, 0.3) is 5.69 Å². The van der Waals surface area contributed by atoms with E-state index >= 15 is 0 Å². The fraction of sp³-hybridized carbons (Fsp3) is 0.240. The fourth-order valence-corrected chi connectivity index (χ4v) is 3.84. The quantitative estimate of drug-likeness (QED) is 0.215. The average molecular weight is 475 g/mol. The van der Waals surface area contributed by atoms with Gasteiger partial charge in [0.2, 0.25) is 12.1 Å². The van der Waals surface area contributed by atoms with Gasteiger partial charge in [0, 0.05) is 36.1 Å². The number of hydrogen-bond donors (Lipinski definition) is 0. The highest BCUT2D eigenvalue weighted by atomic mass is 16.6. The molecule has 1 aromatic heterocycles. The van der Waals surface area contributed by atoms with Crippen LogP contribution in [0, 0.1) is 10.1 Å². The number of ether oxygens (including phenoxy) is 2. The smallest absolute Gasteiger partial charge is 0.294 e. The van der Waals surface area contributed by atoms with E-state index in [0.29, 0.717) is 24.0 Å². The third-order valence-corrected chi connectivity index (χ3v) is 5.35. The number of methoxy groups -OCH3 is 1. The fourth-order valence-electron chi connectivity index (χ4n) is 3.84. The molecule has 2 aromatic carbocycles. The topological polar surface area (TPSA) is 106 Å². The first-order valence-corrected chi connectivity index (χ1v) is 10.9. The Morgan fingerprint density at radius 2 is 1.91 bits per heavy atom. The summed E-state index contributed by atoms with van der Waals surface area (Å²) in [4.78, 5) is 21.7. The summed E-state index contributed by atoms with van der Waals surface area (Å²) >= 11 is 0. The minimum atomic E-state index is -0.693. The summed E-state index contributed by atoms with van der Waals surface area (Å²) in [5.41, 5.74) is 2.64. The SMILES string of the molecule is COc1c(CN(C)C)cccc1C1OC(c2ccncc2)=NN1C(C)=Nc1ccccc1[N+](=O)[O-]. The van der Waals surface area contributed by atoms with Gasteiger partial charge in [-0.2, -0.15) is 0 Å². The van der Waals surface area contributed by atoms with Crippen LogP contribution < -0.4 is 4.74 Å². The highest BCUT2D eigenvalue weighted by Crippen LogP contribution is 2.38. The van der Waals surface area contributed by atoms with Gasteiger partial charge in [-0.3, -0.25) is 15.1 Å². The van der Waals surface area contributed by atoms with Gasteiger partial charge >= 0.3 is 0 Å². The molecule has 180 valence electrons. The van der Waals surface area contributed by atoms with Crippen LogP contribution >= 0.6 is 0 Å². The zero-order valence-corrected chi connectivity index (χ0v) is 20.0. The van der Waals surface area contributed by atoms with E-state index in [2.05, 4.69) is 20.0 Å². The number of nitro groups is 1. The summed E-state index contributed by atoms with van der Waals surface area (Å²) in [7, 11) is 5.59. The van der Waals surface area contributed by atoms with Gasteiger partial charge in [0.1, 0.15) is 17.3 Å². The molecule has 10 nitrogen and oxygen atoms in total. The minimum absolute atomic E-state index is 0.0904. The summed E-state index contributed by atoms with van der Waals surface area (Å²) in [6.45, 7) is 2.41. The van der Waals surface area contributed by atoms with Crippen molar-refractivity contribution in [3.05, 3.63) is 93.8 Å². The Morgan fingerprint density at radius 1 is 1.17 bits per heavy atom. The first kappa shape index (κ1) is 23.8. The number of nitrogens with zero attached hydrogens (tertiary/aromatic N) is 6. The highest BCUT2D eigenvalue weighted by Gasteiger charge is 2.35. The van der Waals surface area contributed by atoms with Gasteiger partial charge in [-0.1, -0.05) is 24.3 Å². The van der Waals surface area contributed by atoms with Crippen molar-refractivity contribution in [3.63, 3.8) is 0 Å². The van der Waals surface area contributed by atoms with E-state index in [1.54, 1.807) is 61.8 Å². The lowest BCUT2D eigenvalue weighted by molar-refractivity contribution is -0.384. The molecule has 35 heavy (non-hydrogen) atoms. The van der Waals surface area contributed by atoms with Crippen LogP contribution in [0.1, 0.15) is 29.8 Å². The first-order valence-electron chi connectivity index (χ1n) is 10.9. The zero-order valence-electron chi connectivity index (χ0n) is 20.0. The van der Waals surface area contributed by atoms with Crippen molar-refractivity contribution in [2.24, 2.45) is 10.1 Å². The van der Waals surface area contributed by atoms with Crippen LogP contribution in [0.5, 0.6) is 5.75 Å². The van der Waals surface area contributed by atoms with Crippen molar-refractivity contribution >= 4 is 23.1 Å². The van der Waals surface area contributed by atoms with E-state index in [-0.39, 0.29) is 11.4 Å². The standard InChI is InChI=1S/C25H26N6O4/c1-17(27-21-10-5-6-11-22(21)31(32)33)30-25(35-24(28-30)18-12-14-26-15-13-18)20-9-7-8-19(16-29(2)3)23(20)34-4/h5-15,25H,16H2,1-4H3. The van der Waals surface area contributed by atoms with E-state index in [1.165, 1.54) is 6.07 Å². The van der Waals surface area contributed by atoms with Crippen LogP contribution in [-0.4, -0.2) is 52.8 Å². The van der Waals surface area contributed by atoms with Crippen molar-refractivity contribution in [1.82, 2.24) is 14.9 Å². The monoisotopic (exact) mass is 474 g/mol. The predicted molar refractivity (Wildman–Crippen MR) is 133 cm³/mol. The molecule has 0 fully saturated rings. The molecule has 2 heterocycles. The summed E-state index contributed by atoms with van der Waals surface area (Å²) in [5, 5.41) is 17.8. The average Bonchev–Trinajstić information content (AvgIpc) is 3.30. The highest BCUT2D eigenvalue weighted by molar-refractivity contribution is 5.97. The largest absolute Gasteiger partial charge is 0.496 e. The second-order valence-electron chi connectivity index (χ2n) is 8.14. The van der Waals surface area contributed by atoms with E-state index < -0.39 is 11.2 Å². The number of hydrazone groups is 1. The molecule has 4 rings (SSSR count). The molecule has 1 aliphatic rings. The number of benzene rings is 2. The Balaban J connectivity index is 1.81.